The predicted octanol–water partition coefficient (Wildman–Crippen LogP) is 4.93. The van der Waals surface area contributed by atoms with E-state index in [-0.39, 0.29) is 10.8 Å². The molecule has 1 N–H and O–H groups in total. The van der Waals surface area contributed by atoms with Crippen molar-refractivity contribution >= 4 is 49.1 Å². The van der Waals surface area contributed by atoms with E-state index in [1.807, 2.05) is 0 Å². The van der Waals surface area contributed by atoms with Crippen LogP contribution in [-0.2, 0) is 14.8 Å². The number of carbonyl (C=O) groups excluding carboxylic acids is 1. The number of benzene rings is 2. The van der Waals surface area contributed by atoms with Gasteiger partial charge in [0.05, 0.1) is 9.37 Å². The summed E-state index contributed by atoms with van der Waals surface area (Å²) < 4.78 is 33.5. The maximum Gasteiger partial charge on any atom is 0.265 e. The van der Waals surface area contributed by atoms with Gasteiger partial charge in [0.2, 0.25) is 10.0 Å². The number of hydrogen-bond donors (Lipinski definition) is 1. The molecule has 1 fully saturated rings. The highest BCUT2D eigenvalue weighted by molar-refractivity contribution is 9.10. The minimum atomic E-state index is -3.52. The molecule has 0 saturated carbocycles. The largest absolute Gasteiger partial charge is 0.480 e. The molecule has 2 aromatic carbocycles. The van der Waals surface area contributed by atoms with Crippen molar-refractivity contribution in [3.8, 4) is 5.75 Å². The maximum atomic E-state index is 12.8. The van der Waals surface area contributed by atoms with E-state index in [0.29, 0.717) is 39.9 Å². The average Bonchev–Trinajstić information content (AvgIpc) is 2.70. The molecule has 0 spiro atoms. The van der Waals surface area contributed by atoms with E-state index < -0.39 is 16.1 Å². The molecule has 1 unspecified atom stereocenters. The highest BCUT2D eigenvalue weighted by Gasteiger charge is 2.28. The first-order valence-corrected chi connectivity index (χ1v) is 12.3. The fourth-order valence-corrected chi connectivity index (χ4v) is 5.39. The van der Waals surface area contributed by atoms with E-state index in [1.54, 1.807) is 37.3 Å². The highest BCUT2D eigenvalue weighted by atomic mass is 79.9. The van der Waals surface area contributed by atoms with Gasteiger partial charge in [-0.25, -0.2) is 8.42 Å². The lowest BCUT2D eigenvalue weighted by Crippen LogP contribution is -2.37. The number of hydrogen-bond acceptors (Lipinski definition) is 4. The molecule has 162 valence electrons. The number of piperidine rings is 1. The lowest BCUT2D eigenvalue weighted by atomic mass is 10.0. The zero-order valence-electron chi connectivity index (χ0n) is 16.8. The first-order chi connectivity index (χ1) is 14.2. The Morgan fingerprint density at radius 3 is 2.43 bits per heavy atom. The van der Waals surface area contributed by atoms with E-state index in [4.69, 9.17) is 16.3 Å². The van der Waals surface area contributed by atoms with Crippen LogP contribution in [0.5, 0.6) is 5.75 Å². The molecule has 1 aliphatic heterocycles. The van der Waals surface area contributed by atoms with Crippen molar-refractivity contribution < 1.29 is 17.9 Å². The number of sulfonamides is 1. The Labute approximate surface area is 190 Å². The molecule has 1 aliphatic rings. The van der Waals surface area contributed by atoms with Crippen LogP contribution in [0.2, 0.25) is 5.02 Å². The fourth-order valence-electron chi connectivity index (χ4n) is 3.14. The molecule has 2 aromatic rings. The molecule has 0 radical (unpaired) electrons. The molecular formula is C21H24BrClN2O4S. The molecule has 1 saturated heterocycles. The monoisotopic (exact) mass is 514 g/mol. The van der Waals surface area contributed by atoms with Gasteiger partial charge >= 0.3 is 0 Å². The van der Waals surface area contributed by atoms with Crippen LogP contribution in [-0.4, -0.2) is 37.8 Å². The summed E-state index contributed by atoms with van der Waals surface area (Å²) in [7, 11) is -3.52. The number of amides is 1. The summed E-state index contributed by atoms with van der Waals surface area (Å²) in [5.74, 6) is 0.698. The quantitative estimate of drug-likeness (QED) is 0.592. The van der Waals surface area contributed by atoms with Gasteiger partial charge in [-0.05, 0) is 84.1 Å². The number of anilines is 1. The third-order valence-electron chi connectivity index (χ3n) is 5.07. The van der Waals surface area contributed by atoms with Crippen molar-refractivity contribution in [3.63, 3.8) is 0 Å². The Morgan fingerprint density at radius 1 is 1.20 bits per heavy atom. The summed E-state index contributed by atoms with van der Waals surface area (Å²) in [5.41, 5.74) is 0.497. The number of nitrogens with zero attached hydrogens (tertiary/aromatic N) is 1. The Balaban J connectivity index is 1.62. The molecular weight excluding hydrogens is 492 g/mol. The van der Waals surface area contributed by atoms with E-state index in [2.05, 4.69) is 28.2 Å². The number of rotatable bonds is 6. The Morgan fingerprint density at radius 2 is 1.83 bits per heavy atom. The smallest absolute Gasteiger partial charge is 0.265 e. The Kier molecular flexibility index (Phi) is 7.44. The third-order valence-corrected chi connectivity index (χ3v) is 7.84. The second kappa shape index (κ2) is 9.68. The Bertz CT molecular complexity index is 1010. The maximum absolute atomic E-state index is 12.8. The van der Waals surface area contributed by atoms with Gasteiger partial charge < -0.3 is 10.1 Å². The number of nitrogens with one attached hydrogen (secondary N) is 1. The van der Waals surface area contributed by atoms with Crippen LogP contribution >= 0.6 is 27.5 Å². The summed E-state index contributed by atoms with van der Waals surface area (Å²) in [6, 6.07) is 11.2. The normalized spacial score (nSPS) is 16.8. The summed E-state index contributed by atoms with van der Waals surface area (Å²) in [4.78, 5) is 12.7. The molecule has 1 heterocycles. The zero-order valence-corrected chi connectivity index (χ0v) is 19.9. The number of ether oxygens (including phenoxy) is 1. The average molecular weight is 516 g/mol. The molecule has 3 rings (SSSR count). The molecule has 0 bridgehead atoms. The first kappa shape index (κ1) is 23.1. The fraction of sp³-hybridized carbons (Fsp3) is 0.381. The predicted molar refractivity (Wildman–Crippen MR) is 121 cm³/mol. The molecule has 0 aliphatic carbocycles. The summed E-state index contributed by atoms with van der Waals surface area (Å²) in [5, 5.41) is 3.30. The molecule has 1 atom stereocenters. The standard InChI is InChI=1S/C21H24BrClN2O4S/c1-14-9-11-25(12-10-14)30(27,28)18-6-4-17(5-7-18)24-21(26)15(2)29-20-8-3-16(23)13-19(20)22/h3-8,13-15H,9-12H2,1-2H3,(H,24,26). The van der Waals surface area contributed by atoms with E-state index in [9.17, 15) is 13.2 Å². The van der Waals surface area contributed by atoms with E-state index in [1.165, 1.54) is 16.4 Å². The van der Waals surface area contributed by atoms with E-state index in [0.717, 1.165) is 12.8 Å². The topological polar surface area (TPSA) is 75.7 Å². The van der Waals surface area contributed by atoms with Crippen molar-refractivity contribution in [2.45, 2.75) is 37.7 Å². The molecule has 0 aromatic heterocycles. The molecule has 6 nitrogen and oxygen atoms in total. The van der Waals surface area contributed by atoms with Crippen LogP contribution in [0.25, 0.3) is 0 Å². The summed E-state index contributed by atoms with van der Waals surface area (Å²) in [6.45, 7) is 4.85. The van der Waals surface area contributed by atoms with Crippen LogP contribution in [0, 0.1) is 5.92 Å². The highest BCUT2D eigenvalue weighted by Crippen LogP contribution is 2.29. The number of halogens is 2. The van der Waals surface area contributed by atoms with Crippen molar-refractivity contribution in [2.75, 3.05) is 18.4 Å². The molecule has 9 heteroatoms. The van der Waals surface area contributed by atoms with Crippen molar-refractivity contribution in [1.82, 2.24) is 4.31 Å². The minimum Gasteiger partial charge on any atom is -0.480 e. The van der Waals surface area contributed by atoms with Crippen LogP contribution in [0.4, 0.5) is 5.69 Å². The Hall–Kier alpha value is -1.61. The molecule has 30 heavy (non-hydrogen) atoms. The van der Waals surface area contributed by atoms with Gasteiger partial charge in [-0.15, -0.1) is 0 Å². The SMILES string of the molecule is CC1CCN(S(=O)(=O)c2ccc(NC(=O)C(C)Oc3ccc(Cl)cc3Br)cc2)CC1. The van der Waals surface area contributed by atoms with Gasteiger partial charge in [-0.1, -0.05) is 18.5 Å². The molecule has 1 amide bonds. The van der Waals surface area contributed by atoms with E-state index >= 15 is 0 Å². The van der Waals surface area contributed by atoms with Gasteiger partial charge in [-0.3, -0.25) is 4.79 Å². The van der Waals surface area contributed by atoms with Gasteiger partial charge in [-0.2, -0.15) is 4.31 Å². The lowest BCUT2D eigenvalue weighted by Gasteiger charge is -2.29. The number of carbonyl (C=O) groups is 1. The zero-order chi connectivity index (χ0) is 21.9. The third kappa shape index (κ3) is 5.55. The van der Waals surface area contributed by atoms with Crippen LogP contribution in [0.15, 0.2) is 51.8 Å². The van der Waals surface area contributed by atoms with Gasteiger partial charge in [0.15, 0.2) is 6.10 Å². The van der Waals surface area contributed by atoms with Crippen LogP contribution in [0.1, 0.15) is 26.7 Å². The van der Waals surface area contributed by atoms with Crippen molar-refractivity contribution in [3.05, 3.63) is 52.0 Å². The second-order valence-electron chi connectivity index (χ2n) is 7.44. The van der Waals surface area contributed by atoms with Gasteiger partial charge in [0.1, 0.15) is 5.75 Å². The van der Waals surface area contributed by atoms with Gasteiger partial charge in [0, 0.05) is 23.8 Å². The summed E-state index contributed by atoms with van der Waals surface area (Å²) in [6.07, 6.45) is 0.977. The van der Waals surface area contributed by atoms with Gasteiger partial charge in [0.25, 0.3) is 5.91 Å². The lowest BCUT2D eigenvalue weighted by molar-refractivity contribution is -0.122. The van der Waals surface area contributed by atoms with Crippen molar-refractivity contribution in [2.24, 2.45) is 5.92 Å². The van der Waals surface area contributed by atoms with Crippen LogP contribution in [0.3, 0.4) is 0 Å². The van der Waals surface area contributed by atoms with Crippen molar-refractivity contribution in [1.29, 1.82) is 0 Å². The first-order valence-electron chi connectivity index (χ1n) is 9.69. The van der Waals surface area contributed by atoms with Crippen LogP contribution < -0.4 is 10.1 Å². The minimum absolute atomic E-state index is 0.226. The summed E-state index contributed by atoms with van der Waals surface area (Å²) >= 11 is 9.27. The second-order valence-corrected chi connectivity index (χ2v) is 10.7.